The first-order valence-electron chi connectivity index (χ1n) is 8.87. The van der Waals surface area contributed by atoms with E-state index in [2.05, 4.69) is 50.7 Å². The van der Waals surface area contributed by atoms with E-state index >= 15 is 0 Å². The van der Waals surface area contributed by atoms with E-state index in [4.69, 9.17) is 0 Å². The Morgan fingerprint density at radius 3 is 2.44 bits per heavy atom. The van der Waals surface area contributed by atoms with Gasteiger partial charge in [0, 0.05) is 9.89 Å². The topological polar surface area (TPSA) is 41.5 Å². The Morgan fingerprint density at radius 1 is 1.08 bits per heavy atom. The lowest BCUT2D eigenvalue weighted by atomic mass is 9.77. The predicted octanol–water partition coefficient (Wildman–Crippen LogP) is 4.27. The van der Waals surface area contributed by atoms with Crippen molar-refractivity contribution in [1.29, 1.82) is 0 Å². The Hall–Kier alpha value is -1.94. The van der Waals surface area contributed by atoms with Crippen molar-refractivity contribution in [3.63, 3.8) is 0 Å². The molecule has 126 valence electrons. The number of rotatable bonds is 4. The summed E-state index contributed by atoms with van der Waals surface area (Å²) >= 11 is 3.42. The Labute approximate surface area is 155 Å². The average molecular weight is 395 g/mol. The summed E-state index contributed by atoms with van der Waals surface area (Å²) in [5.41, 5.74) is 5.06. The molecule has 3 nitrogen and oxygen atoms in total. The highest BCUT2D eigenvalue weighted by atomic mass is 79.9. The molecule has 4 heteroatoms. The van der Waals surface area contributed by atoms with Crippen molar-refractivity contribution in [2.45, 2.75) is 24.7 Å². The number of hydrogen-bond donors (Lipinski definition) is 1. The molecule has 5 rings (SSSR count). The van der Waals surface area contributed by atoms with Crippen LogP contribution in [0.15, 0.2) is 64.2 Å². The van der Waals surface area contributed by atoms with Gasteiger partial charge >= 0.3 is 0 Å². The summed E-state index contributed by atoms with van der Waals surface area (Å²) in [6.45, 7) is 0. The van der Waals surface area contributed by atoms with E-state index in [1.165, 1.54) is 12.0 Å². The van der Waals surface area contributed by atoms with Crippen LogP contribution in [0, 0.1) is 17.3 Å². The Balaban J connectivity index is 1.35. The lowest BCUT2D eigenvalue weighted by molar-refractivity contribution is -0.126. The summed E-state index contributed by atoms with van der Waals surface area (Å²) in [6, 6.07) is 18.5. The van der Waals surface area contributed by atoms with Gasteiger partial charge in [-0.15, -0.1) is 0 Å². The zero-order valence-corrected chi connectivity index (χ0v) is 15.4. The van der Waals surface area contributed by atoms with Crippen LogP contribution in [-0.2, 0) is 10.2 Å². The molecular formula is C21H19BrN2O. The quantitative estimate of drug-likeness (QED) is 0.610. The minimum atomic E-state index is -0.191. The predicted molar refractivity (Wildman–Crippen MR) is 101 cm³/mol. The largest absolute Gasteiger partial charge is 0.272 e. The van der Waals surface area contributed by atoms with Gasteiger partial charge in [-0.25, -0.2) is 5.43 Å². The van der Waals surface area contributed by atoms with Gasteiger partial charge in [0.2, 0.25) is 5.91 Å². The number of benzene rings is 2. The number of nitrogens with zero attached hydrogens (tertiary/aromatic N) is 1. The fourth-order valence-electron chi connectivity index (χ4n) is 5.70. The van der Waals surface area contributed by atoms with Gasteiger partial charge in [-0.2, -0.15) is 5.10 Å². The lowest BCUT2D eigenvalue weighted by Gasteiger charge is -2.27. The van der Waals surface area contributed by atoms with Crippen molar-refractivity contribution >= 4 is 28.1 Å². The Kier molecular flexibility index (Phi) is 3.23. The van der Waals surface area contributed by atoms with Gasteiger partial charge in [0.15, 0.2) is 0 Å². The van der Waals surface area contributed by atoms with Crippen LogP contribution in [-0.4, -0.2) is 12.1 Å². The van der Waals surface area contributed by atoms with Crippen molar-refractivity contribution in [1.82, 2.24) is 5.43 Å². The van der Waals surface area contributed by atoms with E-state index < -0.39 is 0 Å². The molecule has 0 saturated heterocycles. The molecule has 0 heterocycles. The van der Waals surface area contributed by atoms with Gasteiger partial charge in [-0.05, 0) is 47.9 Å². The van der Waals surface area contributed by atoms with Crippen molar-refractivity contribution in [2.75, 3.05) is 0 Å². The van der Waals surface area contributed by atoms with Crippen LogP contribution in [0.3, 0.4) is 0 Å². The zero-order chi connectivity index (χ0) is 17.1. The molecule has 25 heavy (non-hydrogen) atoms. The zero-order valence-electron chi connectivity index (χ0n) is 13.8. The van der Waals surface area contributed by atoms with E-state index in [1.54, 1.807) is 6.21 Å². The highest BCUT2D eigenvalue weighted by Crippen LogP contribution is 2.97. The third kappa shape index (κ3) is 1.86. The molecule has 3 aliphatic rings. The molecule has 0 aliphatic heterocycles. The molecule has 0 radical (unpaired) electrons. The summed E-state index contributed by atoms with van der Waals surface area (Å²) < 4.78 is 1.03. The highest BCUT2D eigenvalue weighted by molar-refractivity contribution is 9.10. The monoisotopic (exact) mass is 394 g/mol. The Morgan fingerprint density at radius 2 is 1.76 bits per heavy atom. The fraction of sp³-hybridized carbons (Fsp3) is 0.333. The van der Waals surface area contributed by atoms with Gasteiger partial charge in [0.05, 0.1) is 11.6 Å². The van der Waals surface area contributed by atoms with Crippen LogP contribution < -0.4 is 5.43 Å². The molecule has 0 bridgehead atoms. The molecule has 1 amide bonds. The molecular weight excluding hydrogens is 376 g/mol. The van der Waals surface area contributed by atoms with E-state index in [0.717, 1.165) is 22.9 Å². The van der Waals surface area contributed by atoms with Gasteiger partial charge < -0.3 is 0 Å². The molecule has 0 spiro atoms. The maximum Gasteiger partial charge on any atom is 0.247 e. The van der Waals surface area contributed by atoms with Crippen molar-refractivity contribution in [3.8, 4) is 0 Å². The van der Waals surface area contributed by atoms with Gasteiger partial charge in [-0.3, -0.25) is 4.79 Å². The molecule has 3 aliphatic carbocycles. The van der Waals surface area contributed by atoms with Crippen molar-refractivity contribution < 1.29 is 4.79 Å². The number of halogens is 1. The SMILES string of the molecule is O=C(NN=Cc1ccc(Br)cc1)C12C3CCCC1C32c1ccccc1. The second kappa shape index (κ2) is 5.28. The van der Waals surface area contributed by atoms with E-state index in [0.29, 0.717) is 11.8 Å². The Bertz CT molecular complexity index is 847. The van der Waals surface area contributed by atoms with E-state index in [1.807, 2.05) is 30.3 Å². The number of carbonyl (C=O) groups is 1. The second-order valence-electron chi connectivity index (χ2n) is 7.39. The minimum absolute atomic E-state index is 0.101. The maximum atomic E-state index is 13.0. The molecule has 2 aromatic carbocycles. The third-order valence-electron chi connectivity index (χ3n) is 6.58. The summed E-state index contributed by atoms with van der Waals surface area (Å²) in [5.74, 6) is 1.12. The van der Waals surface area contributed by atoms with Crippen LogP contribution in [0.5, 0.6) is 0 Å². The summed E-state index contributed by atoms with van der Waals surface area (Å²) in [6.07, 6.45) is 5.29. The first kappa shape index (κ1) is 15.3. The summed E-state index contributed by atoms with van der Waals surface area (Å²) in [7, 11) is 0. The second-order valence-corrected chi connectivity index (χ2v) is 8.31. The molecule has 3 fully saturated rings. The molecule has 2 unspecified atom stereocenters. The molecule has 2 aromatic rings. The average Bonchev–Trinajstić information content (AvgIpc) is 3.51. The normalized spacial score (nSPS) is 34.4. The summed E-state index contributed by atoms with van der Waals surface area (Å²) in [4.78, 5) is 13.0. The number of nitrogens with one attached hydrogen (secondary N) is 1. The van der Waals surface area contributed by atoms with Crippen LogP contribution in [0.25, 0.3) is 0 Å². The first-order chi connectivity index (χ1) is 12.2. The highest BCUT2D eigenvalue weighted by Gasteiger charge is 3.01. The van der Waals surface area contributed by atoms with Crippen LogP contribution in [0.1, 0.15) is 30.4 Å². The standard InChI is InChI=1S/C21H19BrN2O/c22-16-11-9-14(10-12-16)13-23-24-19(25)21-17-7-4-8-18(21)20(17,21)15-5-2-1-3-6-15/h1-3,5-6,9-13,17-18H,4,7-8H2,(H,24,25). The number of hydrazone groups is 1. The third-order valence-corrected chi connectivity index (χ3v) is 7.11. The fourth-order valence-corrected chi connectivity index (χ4v) is 5.96. The number of amides is 1. The molecule has 2 atom stereocenters. The number of fused-ring (bicyclic) bond motifs is 2. The van der Waals surface area contributed by atoms with Gasteiger partial charge in [-0.1, -0.05) is 64.8 Å². The number of hydrogen-bond acceptors (Lipinski definition) is 2. The van der Waals surface area contributed by atoms with Crippen molar-refractivity contribution in [3.05, 3.63) is 70.2 Å². The van der Waals surface area contributed by atoms with Crippen LogP contribution in [0.2, 0.25) is 0 Å². The maximum absolute atomic E-state index is 13.0. The van der Waals surface area contributed by atoms with Gasteiger partial charge in [0.25, 0.3) is 0 Å². The van der Waals surface area contributed by atoms with Gasteiger partial charge in [0.1, 0.15) is 0 Å². The summed E-state index contributed by atoms with van der Waals surface area (Å²) in [5, 5.41) is 4.22. The van der Waals surface area contributed by atoms with Crippen LogP contribution in [0.4, 0.5) is 0 Å². The first-order valence-corrected chi connectivity index (χ1v) is 9.66. The molecule has 1 N–H and O–H groups in total. The van der Waals surface area contributed by atoms with Crippen molar-refractivity contribution in [2.24, 2.45) is 22.4 Å². The molecule has 3 saturated carbocycles. The van der Waals surface area contributed by atoms with Crippen LogP contribution >= 0.6 is 15.9 Å². The smallest absolute Gasteiger partial charge is 0.247 e. The lowest BCUT2D eigenvalue weighted by Crippen LogP contribution is -2.31. The van der Waals surface area contributed by atoms with E-state index in [-0.39, 0.29) is 16.7 Å². The number of carbonyl (C=O) groups excluding carboxylic acids is 1. The van der Waals surface area contributed by atoms with E-state index in [9.17, 15) is 4.79 Å². The minimum Gasteiger partial charge on any atom is -0.272 e. The molecule has 0 aromatic heterocycles.